The van der Waals surface area contributed by atoms with Gasteiger partial charge in [0.05, 0.1) is 5.69 Å². The van der Waals surface area contributed by atoms with Crippen molar-refractivity contribution in [2.75, 3.05) is 0 Å². The number of nitrogens with two attached hydrogens (primary N) is 3. The highest BCUT2D eigenvalue weighted by Gasteiger charge is 1.95. The molecule has 0 aliphatic carbocycles. The number of hydrazone groups is 1. The van der Waals surface area contributed by atoms with E-state index in [0.29, 0.717) is 0 Å². The van der Waals surface area contributed by atoms with Gasteiger partial charge in [-0.15, -0.1) is 17.5 Å². The molecule has 1 rings (SSSR count). The molecule has 1 aromatic rings. The summed E-state index contributed by atoms with van der Waals surface area (Å²) < 4.78 is 0. The molecule has 1 aromatic carbocycles. The van der Waals surface area contributed by atoms with Gasteiger partial charge < -0.3 is 17.2 Å². The lowest BCUT2D eigenvalue weighted by atomic mass is 10.2. The quantitative estimate of drug-likeness (QED) is 0.335. The summed E-state index contributed by atoms with van der Waals surface area (Å²) in [7, 11) is 0. The van der Waals surface area contributed by atoms with Gasteiger partial charge in [0.25, 0.3) is 0 Å². The second kappa shape index (κ2) is 6.52. The number of nitrogens with one attached hydrogen (secondary N) is 1. The summed E-state index contributed by atoms with van der Waals surface area (Å²) in [5.74, 6) is 0.0376. The van der Waals surface area contributed by atoms with E-state index in [-0.39, 0.29) is 24.3 Å². The highest BCUT2D eigenvalue weighted by atomic mass is 35.5. The Labute approximate surface area is 100 Å². The maximum absolute atomic E-state index is 5.54. The molecule has 7 N–H and O–H groups in total. The first-order valence-corrected chi connectivity index (χ1v) is 4.34. The van der Waals surface area contributed by atoms with Crippen molar-refractivity contribution in [2.45, 2.75) is 6.92 Å². The number of hydrogen-bond donors (Lipinski definition) is 4. The molecule has 0 aliphatic heterocycles. The number of nitrogens with zero attached hydrogens (tertiary/aromatic N) is 2. The molecular weight excluding hydrogens is 228 g/mol. The highest BCUT2D eigenvalue weighted by molar-refractivity contribution is 5.85. The Morgan fingerprint density at radius 2 is 1.81 bits per heavy atom. The molecule has 0 atom stereocenters. The first-order chi connectivity index (χ1) is 7.09. The van der Waals surface area contributed by atoms with Gasteiger partial charge in [0.1, 0.15) is 0 Å². The average molecular weight is 243 g/mol. The second-order valence-electron chi connectivity index (χ2n) is 2.93. The summed E-state index contributed by atoms with van der Waals surface area (Å²) in [6.07, 6.45) is 0. The van der Waals surface area contributed by atoms with Crippen molar-refractivity contribution in [3.8, 4) is 0 Å². The molecule has 0 aliphatic rings. The minimum atomic E-state index is -0.0991. The first-order valence-electron chi connectivity index (χ1n) is 4.34. The van der Waals surface area contributed by atoms with E-state index in [1.54, 1.807) is 0 Å². The van der Waals surface area contributed by atoms with Crippen LogP contribution in [0.1, 0.15) is 5.56 Å². The van der Waals surface area contributed by atoms with Crippen LogP contribution in [0.5, 0.6) is 0 Å². The number of guanidine groups is 2. The SMILES string of the molecule is Cc1ccccc1N=C(N)NN=C(N)N.Cl. The molecule has 0 spiro atoms. The van der Waals surface area contributed by atoms with Crippen LogP contribution < -0.4 is 22.6 Å². The third-order valence-electron chi connectivity index (χ3n) is 1.66. The topological polar surface area (TPSA) is 115 Å². The first kappa shape index (κ1) is 14.1. The Morgan fingerprint density at radius 1 is 1.19 bits per heavy atom. The Morgan fingerprint density at radius 3 is 2.38 bits per heavy atom. The third kappa shape index (κ3) is 4.52. The third-order valence-corrected chi connectivity index (χ3v) is 1.66. The smallest absolute Gasteiger partial charge is 0.214 e. The van der Waals surface area contributed by atoms with E-state index in [1.165, 1.54) is 0 Å². The fourth-order valence-corrected chi connectivity index (χ4v) is 0.965. The average Bonchev–Trinajstić information content (AvgIpc) is 2.18. The molecule has 0 fully saturated rings. The monoisotopic (exact) mass is 242 g/mol. The van der Waals surface area contributed by atoms with Crippen LogP contribution in [-0.2, 0) is 0 Å². The summed E-state index contributed by atoms with van der Waals surface area (Å²) in [5.41, 5.74) is 20.0. The molecule has 0 heterocycles. The fraction of sp³-hybridized carbons (Fsp3) is 0.111. The van der Waals surface area contributed by atoms with Crippen LogP contribution in [-0.4, -0.2) is 11.9 Å². The molecule has 7 heteroatoms. The van der Waals surface area contributed by atoms with E-state index < -0.39 is 0 Å². The molecular formula is C9H15ClN6. The van der Waals surface area contributed by atoms with Crippen LogP contribution in [0.15, 0.2) is 34.4 Å². The van der Waals surface area contributed by atoms with Gasteiger partial charge in [0.2, 0.25) is 11.9 Å². The number of para-hydroxylation sites is 1. The van der Waals surface area contributed by atoms with E-state index in [4.69, 9.17) is 17.2 Å². The summed E-state index contributed by atoms with van der Waals surface area (Å²) in [6, 6.07) is 7.58. The number of halogens is 1. The molecule has 88 valence electrons. The van der Waals surface area contributed by atoms with Crippen molar-refractivity contribution >= 4 is 30.0 Å². The largest absolute Gasteiger partial charge is 0.369 e. The van der Waals surface area contributed by atoms with E-state index in [1.807, 2.05) is 31.2 Å². The number of benzene rings is 1. The minimum absolute atomic E-state index is 0. The van der Waals surface area contributed by atoms with E-state index in [9.17, 15) is 0 Å². The Balaban J connectivity index is 0.00000225. The predicted octanol–water partition coefficient (Wildman–Crippen LogP) is 0.141. The van der Waals surface area contributed by atoms with E-state index >= 15 is 0 Å². The molecule has 0 saturated carbocycles. The maximum atomic E-state index is 5.54. The van der Waals surface area contributed by atoms with Crippen molar-refractivity contribution in [2.24, 2.45) is 27.3 Å². The van der Waals surface area contributed by atoms with Crippen molar-refractivity contribution in [1.82, 2.24) is 5.43 Å². The normalized spacial score (nSPS) is 10.2. The van der Waals surface area contributed by atoms with Crippen molar-refractivity contribution in [3.05, 3.63) is 29.8 Å². The van der Waals surface area contributed by atoms with Crippen LogP contribution >= 0.6 is 12.4 Å². The van der Waals surface area contributed by atoms with E-state index in [0.717, 1.165) is 11.3 Å². The van der Waals surface area contributed by atoms with Crippen molar-refractivity contribution < 1.29 is 0 Å². The standard InChI is InChI=1S/C9H14N6.ClH/c1-6-4-2-3-5-7(6)13-9(12)15-14-8(10)11;/h2-5H,1H3,(H4,10,11,14)(H3,12,13,15);1H. The van der Waals surface area contributed by atoms with E-state index in [2.05, 4.69) is 15.5 Å². The molecule has 6 nitrogen and oxygen atoms in total. The van der Waals surface area contributed by atoms with Gasteiger partial charge in [-0.3, -0.25) is 0 Å². The number of aliphatic imine (C=N–C) groups is 1. The van der Waals surface area contributed by atoms with Crippen LogP contribution in [0.3, 0.4) is 0 Å². The van der Waals surface area contributed by atoms with Gasteiger partial charge in [-0.05, 0) is 18.6 Å². The van der Waals surface area contributed by atoms with Gasteiger partial charge in [-0.25, -0.2) is 10.4 Å². The molecule has 0 radical (unpaired) electrons. The highest BCUT2D eigenvalue weighted by Crippen LogP contribution is 2.16. The van der Waals surface area contributed by atoms with Crippen LogP contribution in [0.25, 0.3) is 0 Å². The molecule has 0 saturated heterocycles. The van der Waals surface area contributed by atoms with Gasteiger partial charge >= 0.3 is 0 Å². The number of hydrogen-bond acceptors (Lipinski definition) is 2. The number of rotatable bonds is 2. The lowest BCUT2D eigenvalue weighted by Crippen LogP contribution is -2.32. The Kier molecular flexibility index (Phi) is 5.72. The van der Waals surface area contributed by atoms with Gasteiger partial charge in [-0.1, -0.05) is 18.2 Å². The zero-order valence-corrected chi connectivity index (χ0v) is 9.66. The fourth-order valence-electron chi connectivity index (χ4n) is 0.965. The van der Waals surface area contributed by atoms with Gasteiger partial charge in [0.15, 0.2) is 0 Å². The van der Waals surface area contributed by atoms with Gasteiger partial charge in [0, 0.05) is 0 Å². The molecule has 16 heavy (non-hydrogen) atoms. The zero-order valence-electron chi connectivity index (χ0n) is 8.84. The van der Waals surface area contributed by atoms with Crippen molar-refractivity contribution in [3.63, 3.8) is 0 Å². The molecule has 0 aromatic heterocycles. The molecule has 0 bridgehead atoms. The summed E-state index contributed by atoms with van der Waals surface area (Å²) in [5, 5.41) is 3.52. The lowest BCUT2D eigenvalue weighted by Gasteiger charge is -2.02. The number of aryl methyl sites for hydroxylation is 1. The Hall–Kier alpha value is -1.95. The summed E-state index contributed by atoms with van der Waals surface area (Å²) in [6.45, 7) is 1.94. The van der Waals surface area contributed by atoms with Crippen LogP contribution in [0.2, 0.25) is 0 Å². The minimum Gasteiger partial charge on any atom is -0.369 e. The molecule has 0 amide bonds. The van der Waals surface area contributed by atoms with Crippen molar-refractivity contribution in [1.29, 1.82) is 0 Å². The second-order valence-corrected chi connectivity index (χ2v) is 2.93. The van der Waals surface area contributed by atoms with Crippen LogP contribution in [0.4, 0.5) is 5.69 Å². The zero-order chi connectivity index (χ0) is 11.3. The summed E-state index contributed by atoms with van der Waals surface area (Å²) >= 11 is 0. The lowest BCUT2D eigenvalue weighted by molar-refractivity contribution is 0.994. The van der Waals surface area contributed by atoms with Crippen LogP contribution in [0, 0.1) is 6.92 Å². The molecule has 0 unspecified atom stereocenters. The summed E-state index contributed by atoms with van der Waals surface area (Å²) in [4.78, 5) is 4.10. The Bertz CT molecular complexity index is 397. The van der Waals surface area contributed by atoms with Gasteiger partial charge in [-0.2, -0.15) is 0 Å². The maximum Gasteiger partial charge on any atom is 0.214 e. The predicted molar refractivity (Wildman–Crippen MR) is 68.7 cm³/mol.